The van der Waals surface area contributed by atoms with Gasteiger partial charge in [-0.3, -0.25) is 18.7 Å². The van der Waals surface area contributed by atoms with Crippen molar-refractivity contribution in [3.8, 4) is 5.88 Å². The largest absolute Gasteiger partial charge is 0.494 e. The molecule has 6 heteroatoms. The Hall–Kier alpha value is -1.85. The normalized spacial score (nSPS) is 10.4. The van der Waals surface area contributed by atoms with E-state index in [1.54, 1.807) is 0 Å². The molecule has 0 unspecified atom stereocenters. The van der Waals surface area contributed by atoms with Crippen LogP contribution in [-0.4, -0.2) is 20.0 Å². The van der Waals surface area contributed by atoms with Gasteiger partial charge in [-0.25, -0.2) is 4.79 Å². The minimum Gasteiger partial charge on any atom is -0.494 e. The summed E-state index contributed by atoms with van der Waals surface area (Å²) in [6.45, 7) is 3.22. The van der Waals surface area contributed by atoms with Crippen molar-refractivity contribution in [3.05, 3.63) is 26.4 Å². The van der Waals surface area contributed by atoms with Gasteiger partial charge in [-0.2, -0.15) is 0 Å². The lowest BCUT2D eigenvalue weighted by Gasteiger charge is -2.10. The number of aromatic nitrogens is 2. The van der Waals surface area contributed by atoms with Crippen LogP contribution in [-0.2, 0) is 13.6 Å². The van der Waals surface area contributed by atoms with Crippen LogP contribution >= 0.6 is 0 Å². The molecular weight excluding hydrogens is 212 g/mol. The topological polar surface area (TPSA) is 81.3 Å². The fraction of sp³-hybridized carbons (Fsp3) is 0.500. The highest BCUT2D eigenvalue weighted by Crippen LogP contribution is 2.09. The van der Waals surface area contributed by atoms with Crippen LogP contribution < -0.4 is 11.2 Å². The number of carbonyl (C=O) groups is 1. The summed E-state index contributed by atoms with van der Waals surface area (Å²) in [4.78, 5) is 34.6. The van der Waals surface area contributed by atoms with Crippen LogP contribution in [0.5, 0.6) is 5.88 Å². The molecule has 0 aliphatic heterocycles. The highest BCUT2D eigenvalue weighted by Gasteiger charge is 2.19. The predicted molar refractivity (Wildman–Crippen MR) is 57.9 cm³/mol. The maximum Gasteiger partial charge on any atom is 0.333 e. The Balaban J connectivity index is 3.73. The Bertz CT molecular complexity index is 539. The molecule has 0 saturated carbocycles. The SMILES string of the molecule is CCCn1c(=O)c(C(C)=O)c(O)n(C)c1=O. The number of Topliss-reactive ketones (excluding diaryl/α,β-unsaturated/α-hetero) is 1. The van der Waals surface area contributed by atoms with Crippen molar-refractivity contribution in [2.45, 2.75) is 26.8 Å². The molecular formula is C10H14N2O4. The van der Waals surface area contributed by atoms with Crippen molar-refractivity contribution in [2.24, 2.45) is 7.05 Å². The summed E-state index contributed by atoms with van der Waals surface area (Å²) < 4.78 is 1.85. The van der Waals surface area contributed by atoms with Crippen molar-refractivity contribution >= 4 is 5.78 Å². The van der Waals surface area contributed by atoms with Crippen molar-refractivity contribution in [1.82, 2.24) is 9.13 Å². The van der Waals surface area contributed by atoms with Gasteiger partial charge >= 0.3 is 5.69 Å². The van der Waals surface area contributed by atoms with Crippen LogP contribution in [0.3, 0.4) is 0 Å². The van der Waals surface area contributed by atoms with E-state index in [0.717, 1.165) is 9.13 Å². The van der Waals surface area contributed by atoms with Gasteiger partial charge in [0.2, 0.25) is 5.88 Å². The summed E-state index contributed by atoms with van der Waals surface area (Å²) in [5, 5.41) is 9.55. The second-order valence-electron chi connectivity index (χ2n) is 3.55. The standard InChI is InChI=1S/C10H14N2O4/c1-4-5-12-9(15)7(6(2)13)8(14)11(3)10(12)16/h14H,4-5H2,1-3H3. The van der Waals surface area contributed by atoms with Gasteiger partial charge < -0.3 is 5.11 Å². The lowest BCUT2D eigenvalue weighted by atomic mass is 10.2. The highest BCUT2D eigenvalue weighted by molar-refractivity contribution is 5.95. The second-order valence-corrected chi connectivity index (χ2v) is 3.55. The fourth-order valence-corrected chi connectivity index (χ4v) is 1.49. The van der Waals surface area contributed by atoms with Gasteiger partial charge in [-0.1, -0.05) is 6.92 Å². The van der Waals surface area contributed by atoms with Gasteiger partial charge in [0, 0.05) is 13.6 Å². The van der Waals surface area contributed by atoms with E-state index in [9.17, 15) is 19.5 Å². The summed E-state index contributed by atoms with van der Waals surface area (Å²) in [7, 11) is 1.32. The molecule has 0 radical (unpaired) electrons. The minimum atomic E-state index is -0.727. The van der Waals surface area contributed by atoms with Gasteiger partial charge in [-0.05, 0) is 13.3 Å². The first kappa shape index (κ1) is 12.2. The first-order valence-electron chi connectivity index (χ1n) is 4.95. The molecule has 88 valence electrons. The van der Waals surface area contributed by atoms with Crippen LogP contribution in [0.25, 0.3) is 0 Å². The molecule has 0 saturated heterocycles. The van der Waals surface area contributed by atoms with E-state index in [-0.39, 0.29) is 12.1 Å². The highest BCUT2D eigenvalue weighted by atomic mass is 16.3. The van der Waals surface area contributed by atoms with E-state index < -0.39 is 22.9 Å². The quantitative estimate of drug-likeness (QED) is 0.727. The monoisotopic (exact) mass is 226 g/mol. The third-order valence-corrected chi connectivity index (χ3v) is 2.32. The molecule has 1 aromatic rings. The first-order chi connectivity index (χ1) is 7.41. The van der Waals surface area contributed by atoms with Crippen LogP contribution in [0.1, 0.15) is 30.6 Å². The van der Waals surface area contributed by atoms with Crippen LogP contribution in [0, 0.1) is 0 Å². The summed E-state index contributed by atoms with van der Waals surface area (Å²) in [6.07, 6.45) is 0.595. The smallest absolute Gasteiger partial charge is 0.333 e. The number of carbonyl (C=O) groups excluding carboxylic acids is 1. The Morgan fingerprint density at radius 1 is 1.38 bits per heavy atom. The van der Waals surface area contributed by atoms with E-state index in [1.807, 2.05) is 6.92 Å². The van der Waals surface area contributed by atoms with E-state index in [0.29, 0.717) is 6.42 Å². The number of rotatable bonds is 3. The summed E-state index contributed by atoms with van der Waals surface area (Å²) >= 11 is 0. The summed E-state index contributed by atoms with van der Waals surface area (Å²) in [5.41, 5.74) is -1.68. The van der Waals surface area contributed by atoms with Gasteiger partial charge in [-0.15, -0.1) is 0 Å². The van der Waals surface area contributed by atoms with Crippen LogP contribution in [0.15, 0.2) is 9.59 Å². The Labute approximate surface area is 91.8 Å². The number of aromatic hydroxyl groups is 1. The molecule has 1 N–H and O–H groups in total. The van der Waals surface area contributed by atoms with Gasteiger partial charge in [0.05, 0.1) is 0 Å². The molecule has 0 aliphatic carbocycles. The van der Waals surface area contributed by atoms with Gasteiger partial charge in [0.25, 0.3) is 5.56 Å². The molecule has 1 rings (SSSR count). The number of hydrogen-bond acceptors (Lipinski definition) is 4. The molecule has 16 heavy (non-hydrogen) atoms. The molecule has 0 bridgehead atoms. The maximum absolute atomic E-state index is 11.8. The molecule has 0 spiro atoms. The Kier molecular flexibility index (Phi) is 3.31. The third kappa shape index (κ3) is 1.78. The second kappa shape index (κ2) is 4.34. The third-order valence-electron chi connectivity index (χ3n) is 2.32. The van der Waals surface area contributed by atoms with E-state index in [1.165, 1.54) is 14.0 Å². The maximum atomic E-state index is 11.8. The summed E-state index contributed by atoms with van der Waals surface area (Å²) in [5.74, 6) is -1.13. The predicted octanol–water partition coefficient (Wildman–Crippen LogP) is -0.135. The lowest BCUT2D eigenvalue weighted by Crippen LogP contribution is -2.41. The van der Waals surface area contributed by atoms with E-state index in [4.69, 9.17) is 0 Å². The van der Waals surface area contributed by atoms with E-state index >= 15 is 0 Å². The molecule has 0 fully saturated rings. The summed E-state index contributed by atoms with van der Waals surface area (Å²) in [6, 6.07) is 0. The molecule has 0 atom stereocenters. The Morgan fingerprint density at radius 2 is 1.94 bits per heavy atom. The number of ketones is 1. The molecule has 1 heterocycles. The van der Waals surface area contributed by atoms with E-state index in [2.05, 4.69) is 0 Å². The minimum absolute atomic E-state index is 0.228. The van der Waals surface area contributed by atoms with Crippen LogP contribution in [0.4, 0.5) is 0 Å². The Morgan fingerprint density at radius 3 is 2.38 bits per heavy atom. The zero-order valence-corrected chi connectivity index (χ0v) is 9.48. The zero-order chi connectivity index (χ0) is 12.5. The number of hydrogen-bond donors (Lipinski definition) is 1. The average Bonchev–Trinajstić information content (AvgIpc) is 2.21. The van der Waals surface area contributed by atoms with Gasteiger partial charge in [0.1, 0.15) is 5.56 Å². The number of nitrogens with zero attached hydrogens (tertiary/aromatic N) is 2. The fourth-order valence-electron chi connectivity index (χ4n) is 1.49. The van der Waals surface area contributed by atoms with Crippen molar-refractivity contribution in [3.63, 3.8) is 0 Å². The molecule has 0 amide bonds. The first-order valence-corrected chi connectivity index (χ1v) is 4.95. The zero-order valence-electron chi connectivity index (χ0n) is 9.48. The molecule has 1 aromatic heterocycles. The molecule has 0 aliphatic rings. The van der Waals surface area contributed by atoms with Crippen molar-refractivity contribution < 1.29 is 9.90 Å². The average molecular weight is 226 g/mol. The van der Waals surface area contributed by atoms with Crippen molar-refractivity contribution in [2.75, 3.05) is 0 Å². The molecule has 6 nitrogen and oxygen atoms in total. The lowest BCUT2D eigenvalue weighted by molar-refractivity contribution is 0.101. The molecule has 0 aromatic carbocycles. The van der Waals surface area contributed by atoms with Gasteiger partial charge in [0.15, 0.2) is 5.78 Å². The van der Waals surface area contributed by atoms with Crippen molar-refractivity contribution in [1.29, 1.82) is 0 Å². The van der Waals surface area contributed by atoms with Crippen LogP contribution in [0.2, 0.25) is 0 Å².